The number of ether oxygens (including phenoxy) is 2. The third kappa shape index (κ3) is 4.12. The number of carbonyl (C=O) groups excluding carboxylic acids is 1. The Labute approximate surface area is 181 Å². The van der Waals surface area contributed by atoms with Crippen LogP contribution in [0, 0.1) is 5.82 Å². The van der Waals surface area contributed by atoms with Gasteiger partial charge in [-0.15, -0.1) is 0 Å². The van der Waals surface area contributed by atoms with Gasteiger partial charge in [-0.05, 0) is 60.7 Å². The van der Waals surface area contributed by atoms with Gasteiger partial charge in [0.1, 0.15) is 5.82 Å². The molecular formula is C23H26ClFN2O3. The van der Waals surface area contributed by atoms with E-state index in [1.165, 1.54) is 29.3 Å². The maximum absolute atomic E-state index is 13.3. The number of hydrogen-bond donors (Lipinski definition) is 0. The van der Waals surface area contributed by atoms with Crippen molar-refractivity contribution in [2.45, 2.75) is 31.8 Å². The zero-order valence-corrected chi connectivity index (χ0v) is 18.0. The van der Waals surface area contributed by atoms with E-state index >= 15 is 0 Å². The monoisotopic (exact) mass is 432 g/mol. The summed E-state index contributed by atoms with van der Waals surface area (Å²) >= 11 is 6.12. The zero-order valence-electron chi connectivity index (χ0n) is 17.3. The average Bonchev–Trinajstić information content (AvgIpc) is 2.77. The number of hydrogen-bond acceptors (Lipinski definition) is 4. The third-order valence-electron chi connectivity index (χ3n) is 6.11. The minimum atomic E-state index is -0.438. The lowest BCUT2D eigenvalue weighted by Crippen LogP contribution is -2.51. The van der Waals surface area contributed by atoms with Crippen LogP contribution >= 0.6 is 11.6 Å². The summed E-state index contributed by atoms with van der Waals surface area (Å²) < 4.78 is 24.2. The minimum absolute atomic E-state index is 0.131. The van der Waals surface area contributed by atoms with Gasteiger partial charge in [0, 0.05) is 32.2 Å². The van der Waals surface area contributed by atoms with E-state index in [-0.39, 0.29) is 17.0 Å². The maximum Gasteiger partial charge on any atom is 0.255 e. The Morgan fingerprint density at radius 2 is 1.83 bits per heavy atom. The molecule has 2 heterocycles. The van der Waals surface area contributed by atoms with Gasteiger partial charge in [0.05, 0.1) is 24.8 Å². The summed E-state index contributed by atoms with van der Waals surface area (Å²) in [4.78, 5) is 17.3. The predicted molar refractivity (Wildman–Crippen MR) is 114 cm³/mol. The normalized spacial score (nSPS) is 19.3. The molecule has 160 valence electrons. The number of fused-ring (bicyclic) bond motifs is 1. The molecule has 0 N–H and O–H groups in total. The van der Waals surface area contributed by atoms with Crippen LogP contribution in [-0.4, -0.2) is 55.6 Å². The molecule has 0 bridgehead atoms. The first-order valence-corrected chi connectivity index (χ1v) is 10.6. The number of benzene rings is 2. The summed E-state index contributed by atoms with van der Waals surface area (Å²) in [6.07, 6.45) is 2.91. The second-order valence-corrected chi connectivity index (χ2v) is 8.27. The second kappa shape index (κ2) is 8.82. The number of nitrogens with zero attached hydrogens (tertiary/aromatic N) is 2. The van der Waals surface area contributed by atoms with Crippen LogP contribution in [0.25, 0.3) is 0 Å². The highest BCUT2D eigenvalue weighted by Crippen LogP contribution is 2.34. The van der Waals surface area contributed by atoms with Crippen molar-refractivity contribution in [2.24, 2.45) is 0 Å². The van der Waals surface area contributed by atoms with Gasteiger partial charge in [-0.2, -0.15) is 0 Å². The standard InChI is InChI=1S/C23H26ClFN2O3/c1-29-21-10-15-7-9-26(13-16(15)11-22(21)30-2)18-4-3-8-27(14-18)23(28)19-6-5-17(25)12-20(19)24/h5-6,10-12,18H,3-4,7-9,13-14H2,1-2H3. The van der Waals surface area contributed by atoms with E-state index in [1.54, 1.807) is 14.2 Å². The Morgan fingerprint density at radius 3 is 2.53 bits per heavy atom. The largest absolute Gasteiger partial charge is 0.493 e. The Balaban J connectivity index is 1.48. The molecule has 30 heavy (non-hydrogen) atoms. The third-order valence-corrected chi connectivity index (χ3v) is 6.42. The van der Waals surface area contributed by atoms with E-state index < -0.39 is 5.82 Å². The molecule has 2 aliphatic rings. The van der Waals surface area contributed by atoms with E-state index in [0.717, 1.165) is 43.9 Å². The highest BCUT2D eigenvalue weighted by atomic mass is 35.5. The van der Waals surface area contributed by atoms with Gasteiger partial charge in [0.2, 0.25) is 0 Å². The molecule has 2 aromatic rings. The molecule has 7 heteroatoms. The van der Waals surface area contributed by atoms with Crippen molar-refractivity contribution in [1.29, 1.82) is 0 Å². The van der Waals surface area contributed by atoms with Crippen LogP contribution in [0.2, 0.25) is 5.02 Å². The van der Waals surface area contributed by atoms with Crippen molar-refractivity contribution >= 4 is 17.5 Å². The molecule has 1 fully saturated rings. The molecule has 1 atom stereocenters. The lowest BCUT2D eigenvalue weighted by molar-refractivity contribution is 0.0549. The lowest BCUT2D eigenvalue weighted by atomic mass is 9.95. The Hall–Kier alpha value is -2.31. The van der Waals surface area contributed by atoms with Gasteiger partial charge in [0.25, 0.3) is 5.91 Å². The van der Waals surface area contributed by atoms with Crippen LogP contribution in [0.15, 0.2) is 30.3 Å². The highest BCUT2D eigenvalue weighted by Gasteiger charge is 2.31. The molecule has 1 unspecified atom stereocenters. The van der Waals surface area contributed by atoms with Crippen LogP contribution in [0.3, 0.4) is 0 Å². The number of amides is 1. The number of methoxy groups -OCH3 is 2. The van der Waals surface area contributed by atoms with Gasteiger partial charge in [0.15, 0.2) is 11.5 Å². The fraction of sp³-hybridized carbons (Fsp3) is 0.435. The van der Waals surface area contributed by atoms with Gasteiger partial charge in [-0.1, -0.05) is 11.6 Å². The number of likely N-dealkylation sites (tertiary alicyclic amines) is 1. The van der Waals surface area contributed by atoms with Gasteiger partial charge < -0.3 is 14.4 Å². The van der Waals surface area contributed by atoms with Crippen molar-refractivity contribution in [1.82, 2.24) is 9.80 Å². The van der Waals surface area contributed by atoms with Crippen LogP contribution in [-0.2, 0) is 13.0 Å². The summed E-state index contributed by atoms with van der Waals surface area (Å²) in [5.74, 6) is 0.931. The molecule has 5 nitrogen and oxygen atoms in total. The lowest BCUT2D eigenvalue weighted by Gasteiger charge is -2.41. The molecule has 2 aromatic carbocycles. The molecule has 0 aromatic heterocycles. The topological polar surface area (TPSA) is 42.0 Å². The van der Waals surface area contributed by atoms with Crippen molar-refractivity contribution in [3.8, 4) is 11.5 Å². The number of halogens is 2. The maximum atomic E-state index is 13.3. The number of piperidine rings is 1. The minimum Gasteiger partial charge on any atom is -0.493 e. The fourth-order valence-electron chi connectivity index (χ4n) is 4.49. The van der Waals surface area contributed by atoms with Crippen molar-refractivity contribution in [3.05, 3.63) is 57.9 Å². The van der Waals surface area contributed by atoms with Crippen LogP contribution < -0.4 is 9.47 Å². The second-order valence-electron chi connectivity index (χ2n) is 7.87. The molecule has 0 aliphatic carbocycles. The Morgan fingerprint density at radius 1 is 1.10 bits per heavy atom. The molecule has 0 radical (unpaired) electrons. The first-order valence-electron chi connectivity index (χ1n) is 10.2. The molecular weight excluding hydrogens is 407 g/mol. The molecule has 0 saturated carbocycles. The number of carbonyl (C=O) groups is 1. The van der Waals surface area contributed by atoms with Crippen molar-refractivity contribution in [3.63, 3.8) is 0 Å². The summed E-state index contributed by atoms with van der Waals surface area (Å²) in [7, 11) is 3.30. The predicted octanol–water partition coefficient (Wildman–Crippen LogP) is 4.16. The van der Waals surface area contributed by atoms with Crippen LogP contribution in [0.4, 0.5) is 4.39 Å². The van der Waals surface area contributed by atoms with Crippen molar-refractivity contribution in [2.75, 3.05) is 33.9 Å². The summed E-state index contributed by atoms with van der Waals surface area (Å²) in [5, 5.41) is 0.162. The summed E-state index contributed by atoms with van der Waals surface area (Å²) in [6.45, 7) is 3.10. The fourth-order valence-corrected chi connectivity index (χ4v) is 4.74. The SMILES string of the molecule is COc1cc2c(cc1OC)CN(C1CCCN(C(=O)c3ccc(F)cc3Cl)C1)CC2. The summed E-state index contributed by atoms with van der Waals surface area (Å²) in [6, 6.07) is 8.36. The highest BCUT2D eigenvalue weighted by molar-refractivity contribution is 6.33. The van der Waals surface area contributed by atoms with E-state index in [2.05, 4.69) is 17.0 Å². The van der Waals surface area contributed by atoms with E-state index in [0.29, 0.717) is 18.7 Å². The zero-order chi connectivity index (χ0) is 21.3. The van der Waals surface area contributed by atoms with E-state index in [1.807, 2.05) is 4.90 Å². The van der Waals surface area contributed by atoms with E-state index in [9.17, 15) is 9.18 Å². The first kappa shape index (κ1) is 20.9. The van der Waals surface area contributed by atoms with Gasteiger partial charge >= 0.3 is 0 Å². The first-order chi connectivity index (χ1) is 14.5. The molecule has 1 amide bonds. The van der Waals surface area contributed by atoms with Crippen LogP contribution in [0.1, 0.15) is 34.3 Å². The molecule has 1 saturated heterocycles. The molecule has 4 rings (SSSR count). The Bertz CT molecular complexity index is 952. The number of rotatable bonds is 4. The van der Waals surface area contributed by atoms with E-state index in [4.69, 9.17) is 21.1 Å². The summed E-state index contributed by atoms with van der Waals surface area (Å²) in [5.41, 5.74) is 2.88. The molecule has 2 aliphatic heterocycles. The van der Waals surface area contributed by atoms with Gasteiger partial charge in [-0.25, -0.2) is 4.39 Å². The smallest absolute Gasteiger partial charge is 0.255 e. The Kier molecular flexibility index (Phi) is 6.16. The van der Waals surface area contributed by atoms with Crippen LogP contribution in [0.5, 0.6) is 11.5 Å². The van der Waals surface area contributed by atoms with Gasteiger partial charge in [-0.3, -0.25) is 9.69 Å². The van der Waals surface area contributed by atoms with Crippen molar-refractivity contribution < 1.29 is 18.7 Å². The quantitative estimate of drug-likeness (QED) is 0.727. The molecule has 0 spiro atoms. The average molecular weight is 433 g/mol.